The molecule has 3 atom stereocenters. The van der Waals surface area contributed by atoms with Crippen molar-refractivity contribution in [1.82, 2.24) is 5.32 Å². The second-order valence-corrected chi connectivity index (χ2v) is 4.46. The summed E-state index contributed by atoms with van der Waals surface area (Å²) in [6.45, 7) is 3.75. The molecule has 1 amide bonds. The van der Waals surface area contributed by atoms with Crippen molar-refractivity contribution in [2.24, 2.45) is 5.73 Å². The first-order valence-corrected chi connectivity index (χ1v) is 5.65. The lowest BCUT2D eigenvalue weighted by Crippen LogP contribution is -2.52. The van der Waals surface area contributed by atoms with E-state index in [-0.39, 0.29) is 18.0 Å². The minimum atomic E-state index is -0.720. The summed E-state index contributed by atoms with van der Waals surface area (Å²) < 4.78 is 5.24. The number of ether oxygens (including phenoxy) is 1. The Labute approximate surface area is 91.5 Å². The Morgan fingerprint density at radius 3 is 2.67 bits per heavy atom. The minimum absolute atomic E-state index is 0.0464. The zero-order valence-electron chi connectivity index (χ0n) is 9.88. The molecule has 1 aliphatic rings. The topological polar surface area (TPSA) is 64.3 Å². The second kappa shape index (κ2) is 4.94. The van der Waals surface area contributed by atoms with E-state index in [0.29, 0.717) is 6.42 Å². The van der Waals surface area contributed by atoms with Crippen LogP contribution in [0.1, 0.15) is 39.5 Å². The third-order valence-corrected chi connectivity index (χ3v) is 3.49. The molecule has 0 bridgehead atoms. The van der Waals surface area contributed by atoms with Gasteiger partial charge in [0, 0.05) is 19.2 Å². The fourth-order valence-electron chi connectivity index (χ4n) is 1.89. The van der Waals surface area contributed by atoms with Crippen LogP contribution >= 0.6 is 0 Å². The van der Waals surface area contributed by atoms with Crippen molar-refractivity contribution in [3.8, 4) is 0 Å². The van der Waals surface area contributed by atoms with E-state index in [9.17, 15) is 4.79 Å². The van der Waals surface area contributed by atoms with Gasteiger partial charge in [0.2, 0.25) is 0 Å². The van der Waals surface area contributed by atoms with Gasteiger partial charge in [0.05, 0.1) is 0 Å². The van der Waals surface area contributed by atoms with E-state index in [2.05, 4.69) is 5.32 Å². The van der Waals surface area contributed by atoms with Crippen LogP contribution in [-0.4, -0.2) is 30.7 Å². The van der Waals surface area contributed by atoms with Gasteiger partial charge in [0.25, 0.3) is 5.91 Å². The van der Waals surface area contributed by atoms with E-state index < -0.39 is 5.60 Å². The van der Waals surface area contributed by atoms with Gasteiger partial charge >= 0.3 is 0 Å². The highest BCUT2D eigenvalue weighted by molar-refractivity contribution is 5.85. The van der Waals surface area contributed by atoms with Crippen molar-refractivity contribution in [3.05, 3.63) is 0 Å². The van der Waals surface area contributed by atoms with Crippen LogP contribution in [0.3, 0.4) is 0 Å². The molecule has 88 valence electrons. The first-order chi connectivity index (χ1) is 7.03. The predicted octanol–water partition coefficient (Wildman–Crippen LogP) is 0.797. The fraction of sp³-hybridized carbons (Fsp3) is 0.909. The summed E-state index contributed by atoms with van der Waals surface area (Å²) in [5.74, 6) is -0.0464. The molecule has 0 saturated heterocycles. The van der Waals surface area contributed by atoms with Gasteiger partial charge in [-0.15, -0.1) is 0 Å². The lowest BCUT2D eigenvalue weighted by molar-refractivity contribution is -0.142. The van der Waals surface area contributed by atoms with Crippen LogP contribution in [0.4, 0.5) is 0 Å². The summed E-state index contributed by atoms with van der Waals surface area (Å²) in [7, 11) is 1.57. The summed E-state index contributed by atoms with van der Waals surface area (Å²) in [5.41, 5.74) is 5.18. The Hall–Kier alpha value is -0.610. The Morgan fingerprint density at radius 2 is 2.27 bits per heavy atom. The van der Waals surface area contributed by atoms with Gasteiger partial charge in [-0.1, -0.05) is 6.92 Å². The Balaban J connectivity index is 2.54. The molecule has 1 fully saturated rings. The van der Waals surface area contributed by atoms with Crippen LogP contribution in [0.5, 0.6) is 0 Å². The third kappa shape index (κ3) is 2.69. The summed E-state index contributed by atoms with van der Waals surface area (Å²) in [5, 5.41) is 2.98. The van der Waals surface area contributed by atoms with Gasteiger partial charge < -0.3 is 15.8 Å². The smallest absolute Gasteiger partial charge is 0.252 e. The lowest BCUT2D eigenvalue weighted by atomic mass is 10.0. The van der Waals surface area contributed by atoms with Crippen LogP contribution in [0, 0.1) is 0 Å². The van der Waals surface area contributed by atoms with Crippen molar-refractivity contribution < 1.29 is 9.53 Å². The zero-order chi connectivity index (χ0) is 11.5. The molecule has 0 aromatic heterocycles. The number of nitrogens with one attached hydrogen (secondary N) is 1. The molecule has 0 aliphatic heterocycles. The molecule has 0 spiro atoms. The van der Waals surface area contributed by atoms with Gasteiger partial charge in [0.15, 0.2) is 0 Å². The zero-order valence-corrected chi connectivity index (χ0v) is 9.88. The van der Waals surface area contributed by atoms with Crippen LogP contribution < -0.4 is 11.1 Å². The quantitative estimate of drug-likeness (QED) is 0.727. The fourth-order valence-corrected chi connectivity index (χ4v) is 1.89. The average molecular weight is 214 g/mol. The maximum Gasteiger partial charge on any atom is 0.252 e. The highest BCUT2D eigenvalue weighted by Crippen LogP contribution is 2.20. The van der Waals surface area contributed by atoms with Crippen LogP contribution in [0.2, 0.25) is 0 Å². The molecule has 15 heavy (non-hydrogen) atoms. The Morgan fingerprint density at radius 1 is 1.60 bits per heavy atom. The highest BCUT2D eigenvalue weighted by Gasteiger charge is 2.34. The molecule has 4 nitrogen and oxygen atoms in total. The van der Waals surface area contributed by atoms with Gasteiger partial charge in [-0.3, -0.25) is 4.79 Å². The van der Waals surface area contributed by atoms with Gasteiger partial charge in [-0.25, -0.2) is 0 Å². The van der Waals surface area contributed by atoms with Crippen molar-refractivity contribution in [3.63, 3.8) is 0 Å². The molecular formula is C11H22N2O2. The SMILES string of the molecule is CCC(C)(OC)C(=O)NC1CCCC1N. The molecule has 0 aromatic carbocycles. The maximum atomic E-state index is 11.9. The van der Waals surface area contributed by atoms with Crippen molar-refractivity contribution in [2.75, 3.05) is 7.11 Å². The molecule has 3 unspecified atom stereocenters. The Bertz CT molecular complexity index is 227. The number of hydrogen-bond donors (Lipinski definition) is 2. The van der Waals surface area contributed by atoms with Crippen LogP contribution in [0.15, 0.2) is 0 Å². The molecular weight excluding hydrogens is 192 g/mol. The summed E-state index contributed by atoms with van der Waals surface area (Å²) in [4.78, 5) is 11.9. The monoisotopic (exact) mass is 214 g/mol. The average Bonchev–Trinajstić information content (AvgIpc) is 2.63. The van der Waals surface area contributed by atoms with Crippen molar-refractivity contribution >= 4 is 5.91 Å². The van der Waals surface area contributed by atoms with Gasteiger partial charge in [-0.05, 0) is 32.6 Å². The van der Waals surface area contributed by atoms with Crippen molar-refractivity contribution in [2.45, 2.75) is 57.2 Å². The molecule has 3 N–H and O–H groups in total. The van der Waals surface area contributed by atoms with Crippen LogP contribution in [-0.2, 0) is 9.53 Å². The first-order valence-electron chi connectivity index (χ1n) is 5.65. The van der Waals surface area contributed by atoms with Gasteiger partial charge in [-0.2, -0.15) is 0 Å². The minimum Gasteiger partial charge on any atom is -0.369 e. The number of amides is 1. The largest absolute Gasteiger partial charge is 0.369 e. The van der Waals surface area contributed by atoms with Gasteiger partial charge in [0.1, 0.15) is 5.60 Å². The van der Waals surface area contributed by atoms with E-state index in [0.717, 1.165) is 19.3 Å². The normalized spacial score (nSPS) is 29.9. The number of nitrogens with two attached hydrogens (primary N) is 1. The Kier molecular flexibility index (Phi) is 4.11. The van der Waals surface area contributed by atoms with Crippen molar-refractivity contribution in [1.29, 1.82) is 0 Å². The molecule has 1 saturated carbocycles. The van der Waals surface area contributed by atoms with E-state index in [1.54, 1.807) is 7.11 Å². The summed E-state index contributed by atoms with van der Waals surface area (Å²) in [6.07, 6.45) is 3.75. The second-order valence-electron chi connectivity index (χ2n) is 4.46. The third-order valence-electron chi connectivity index (χ3n) is 3.49. The number of hydrogen-bond acceptors (Lipinski definition) is 3. The highest BCUT2D eigenvalue weighted by atomic mass is 16.5. The van der Waals surface area contributed by atoms with E-state index in [1.165, 1.54) is 0 Å². The molecule has 0 heterocycles. The molecule has 0 aromatic rings. The van der Waals surface area contributed by atoms with Crippen LogP contribution in [0.25, 0.3) is 0 Å². The molecule has 1 aliphatic carbocycles. The van der Waals surface area contributed by atoms with E-state index in [4.69, 9.17) is 10.5 Å². The first kappa shape index (κ1) is 12.5. The molecule has 4 heteroatoms. The number of methoxy groups -OCH3 is 1. The maximum absolute atomic E-state index is 11.9. The standard InChI is InChI=1S/C11H22N2O2/c1-4-11(2,15-3)10(14)13-9-7-5-6-8(9)12/h8-9H,4-7,12H2,1-3H3,(H,13,14). The summed E-state index contributed by atoms with van der Waals surface area (Å²) in [6, 6.07) is 0.227. The van der Waals surface area contributed by atoms with E-state index in [1.807, 2.05) is 13.8 Å². The van der Waals surface area contributed by atoms with E-state index >= 15 is 0 Å². The molecule has 1 rings (SSSR count). The predicted molar refractivity (Wildman–Crippen MR) is 59.5 cm³/mol. The molecule has 0 radical (unpaired) electrons. The number of carbonyl (C=O) groups excluding carboxylic acids is 1. The summed E-state index contributed by atoms with van der Waals surface area (Å²) >= 11 is 0. The number of rotatable bonds is 4. The number of carbonyl (C=O) groups is 1. The lowest BCUT2D eigenvalue weighted by Gasteiger charge is -2.28.